The first-order valence-electron chi connectivity index (χ1n) is 8.59. The molecule has 0 saturated carbocycles. The number of hydrogen-bond acceptors (Lipinski definition) is 6. The molecule has 142 valence electrons. The van der Waals surface area contributed by atoms with Crippen molar-refractivity contribution in [3.05, 3.63) is 66.5 Å². The number of nitrogen functional groups attached to an aromatic ring is 1. The van der Waals surface area contributed by atoms with Gasteiger partial charge in [-0.15, -0.1) is 0 Å². The largest absolute Gasteiger partial charge is 0.482 e. The van der Waals surface area contributed by atoms with Crippen LogP contribution in [0, 0.1) is 5.82 Å². The Morgan fingerprint density at radius 2 is 1.86 bits per heavy atom. The van der Waals surface area contributed by atoms with Crippen LogP contribution >= 0.6 is 0 Å². The van der Waals surface area contributed by atoms with Crippen LogP contribution in [0.2, 0.25) is 0 Å². The molecule has 3 aromatic heterocycles. The van der Waals surface area contributed by atoms with E-state index < -0.39 is 6.10 Å². The molecule has 2 N–H and O–H groups in total. The molecule has 0 aliphatic rings. The predicted octanol–water partition coefficient (Wildman–Crippen LogP) is 2.92. The van der Waals surface area contributed by atoms with Gasteiger partial charge in [0.1, 0.15) is 11.9 Å². The van der Waals surface area contributed by atoms with E-state index in [4.69, 9.17) is 10.5 Å². The van der Waals surface area contributed by atoms with E-state index in [0.717, 1.165) is 11.3 Å². The van der Waals surface area contributed by atoms with E-state index in [2.05, 4.69) is 20.3 Å². The van der Waals surface area contributed by atoms with Crippen LogP contribution in [-0.4, -0.2) is 29.8 Å². The highest BCUT2D eigenvalue weighted by Crippen LogP contribution is 2.32. The van der Waals surface area contributed by atoms with Crippen LogP contribution in [0.4, 0.5) is 10.2 Å². The fourth-order valence-electron chi connectivity index (χ4n) is 2.97. The molecular formula is C19H18FN7O. The maximum absolute atomic E-state index is 13.9. The Balaban J connectivity index is 1.69. The molecule has 0 spiro atoms. The molecule has 0 bridgehead atoms. The predicted molar refractivity (Wildman–Crippen MR) is 101 cm³/mol. The number of aryl methyl sites for hydroxylation is 1. The first-order valence-corrected chi connectivity index (χ1v) is 8.59. The van der Waals surface area contributed by atoms with Crippen molar-refractivity contribution >= 4 is 5.82 Å². The van der Waals surface area contributed by atoms with Gasteiger partial charge in [0.25, 0.3) is 0 Å². The summed E-state index contributed by atoms with van der Waals surface area (Å²) < 4.78 is 21.7. The van der Waals surface area contributed by atoms with Gasteiger partial charge in [0.2, 0.25) is 0 Å². The second kappa shape index (κ2) is 7.10. The van der Waals surface area contributed by atoms with E-state index in [9.17, 15) is 4.39 Å². The average molecular weight is 379 g/mol. The highest BCUT2D eigenvalue weighted by molar-refractivity contribution is 5.64. The van der Waals surface area contributed by atoms with Crippen molar-refractivity contribution in [3.8, 4) is 22.7 Å². The van der Waals surface area contributed by atoms with Gasteiger partial charge in [-0.1, -0.05) is 0 Å². The molecule has 1 atom stereocenters. The van der Waals surface area contributed by atoms with Gasteiger partial charge in [-0.2, -0.15) is 20.1 Å². The zero-order valence-corrected chi connectivity index (χ0v) is 15.3. The van der Waals surface area contributed by atoms with Gasteiger partial charge in [0, 0.05) is 30.6 Å². The Hall–Kier alpha value is -3.75. The van der Waals surface area contributed by atoms with Gasteiger partial charge in [0.15, 0.2) is 11.6 Å². The van der Waals surface area contributed by atoms with Crippen LogP contribution in [0.25, 0.3) is 16.9 Å². The minimum Gasteiger partial charge on any atom is -0.482 e. The van der Waals surface area contributed by atoms with Gasteiger partial charge in [0.05, 0.1) is 23.8 Å². The first-order chi connectivity index (χ1) is 13.5. The molecule has 9 heteroatoms. The average Bonchev–Trinajstić information content (AvgIpc) is 3.35. The molecule has 0 amide bonds. The van der Waals surface area contributed by atoms with E-state index in [0.29, 0.717) is 17.0 Å². The number of hydrogen-bond donors (Lipinski definition) is 1. The highest BCUT2D eigenvalue weighted by atomic mass is 19.1. The van der Waals surface area contributed by atoms with Crippen molar-refractivity contribution in [2.24, 2.45) is 7.05 Å². The Bertz CT molecular complexity index is 1110. The number of nitrogens with zero attached hydrogens (tertiary/aromatic N) is 6. The van der Waals surface area contributed by atoms with E-state index in [1.807, 2.05) is 13.1 Å². The third-order valence-corrected chi connectivity index (χ3v) is 4.36. The molecule has 4 rings (SSSR count). The van der Waals surface area contributed by atoms with Crippen molar-refractivity contribution in [2.45, 2.75) is 13.0 Å². The number of halogens is 1. The van der Waals surface area contributed by atoms with Crippen LogP contribution < -0.4 is 10.5 Å². The second-order valence-corrected chi connectivity index (χ2v) is 6.23. The Labute approximate surface area is 160 Å². The van der Waals surface area contributed by atoms with Gasteiger partial charge < -0.3 is 10.5 Å². The number of pyridine rings is 1. The Morgan fingerprint density at radius 1 is 1.07 bits per heavy atom. The summed E-state index contributed by atoms with van der Waals surface area (Å²) in [6.45, 7) is 1.80. The summed E-state index contributed by atoms with van der Waals surface area (Å²) in [7, 11) is 1.84. The molecule has 0 radical (unpaired) electrons. The summed E-state index contributed by atoms with van der Waals surface area (Å²) in [6, 6.07) is 8.03. The summed E-state index contributed by atoms with van der Waals surface area (Å²) in [5.41, 5.74) is 8.89. The lowest BCUT2D eigenvalue weighted by Gasteiger charge is -2.19. The number of benzene rings is 1. The summed E-state index contributed by atoms with van der Waals surface area (Å²) in [6.07, 6.45) is 5.94. The zero-order chi connectivity index (χ0) is 19.7. The first kappa shape index (κ1) is 17.7. The second-order valence-electron chi connectivity index (χ2n) is 6.23. The number of anilines is 1. The molecule has 8 nitrogen and oxygen atoms in total. The maximum Gasteiger partial charge on any atom is 0.166 e. The molecule has 0 saturated heterocycles. The summed E-state index contributed by atoms with van der Waals surface area (Å²) in [4.78, 5) is 5.64. The zero-order valence-electron chi connectivity index (χ0n) is 15.3. The summed E-state index contributed by atoms with van der Waals surface area (Å²) >= 11 is 0. The van der Waals surface area contributed by atoms with E-state index in [1.165, 1.54) is 16.9 Å². The van der Waals surface area contributed by atoms with E-state index in [1.54, 1.807) is 48.5 Å². The molecule has 0 aliphatic heterocycles. The number of nitrogens with two attached hydrogens (primary N) is 1. The van der Waals surface area contributed by atoms with Crippen molar-refractivity contribution in [1.82, 2.24) is 29.8 Å². The molecule has 0 aliphatic carbocycles. The summed E-state index contributed by atoms with van der Waals surface area (Å²) in [5, 5.41) is 12.4. The number of ether oxygens (including phenoxy) is 1. The van der Waals surface area contributed by atoms with E-state index >= 15 is 0 Å². The minimum absolute atomic E-state index is 0.243. The molecule has 0 unspecified atom stereocenters. The third kappa shape index (κ3) is 3.29. The fraction of sp³-hybridized carbons (Fsp3) is 0.158. The molecule has 3 heterocycles. The fourth-order valence-corrected chi connectivity index (χ4v) is 2.97. The highest BCUT2D eigenvalue weighted by Gasteiger charge is 2.18. The Morgan fingerprint density at radius 3 is 2.57 bits per heavy atom. The smallest absolute Gasteiger partial charge is 0.166 e. The van der Waals surface area contributed by atoms with Crippen LogP contribution in [0.1, 0.15) is 18.6 Å². The number of aromatic nitrogens is 6. The molecule has 0 fully saturated rings. The van der Waals surface area contributed by atoms with Crippen LogP contribution in [0.5, 0.6) is 5.75 Å². The van der Waals surface area contributed by atoms with Crippen molar-refractivity contribution in [2.75, 3.05) is 5.73 Å². The van der Waals surface area contributed by atoms with Gasteiger partial charge >= 0.3 is 0 Å². The standard InChI is InChI=1S/C19H18FN7O/c1-12(15-10-14(20)3-4-17(15)27-24-7-8-25-27)28-18-9-13(11-22-19(18)21)16-5-6-23-26(16)2/h3-12H,1-2H3,(H2,21,22)/t12-/m1/s1. The molecule has 1 aromatic carbocycles. The van der Waals surface area contributed by atoms with Gasteiger partial charge in [-0.05, 0) is 37.3 Å². The lowest BCUT2D eigenvalue weighted by Crippen LogP contribution is -2.11. The maximum atomic E-state index is 13.9. The van der Waals surface area contributed by atoms with Crippen LogP contribution in [0.3, 0.4) is 0 Å². The topological polar surface area (TPSA) is 96.7 Å². The van der Waals surface area contributed by atoms with Crippen LogP contribution in [0.15, 0.2) is 55.1 Å². The molecule has 28 heavy (non-hydrogen) atoms. The third-order valence-electron chi connectivity index (χ3n) is 4.36. The quantitative estimate of drug-likeness (QED) is 0.573. The van der Waals surface area contributed by atoms with E-state index in [-0.39, 0.29) is 11.6 Å². The van der Waals surface area contributed by atoms with Crippen LogP contribution in [-0.2, 0) is 7.05 Å². The molecular weight excluding hydrogens is 361 g/mol. The van der Waals surface area contributed by atoms with Crippen molar-refractivity contribution in [1.29, 1.82) is 0 Å². The molecule has 4 aromatic rings. The minimum atomic E-state index is -0.525. The monoisotopic (exact) mass is 379 g/mol. The number of rotatable bonds is 5. The Kier molecular flexibility index (Phi) is 4.48. The lowest BCUT2D eigenvalue weighted by atomic mass is 10.1. The van der Waals surface area contributed by atoms with Crippen molar-refractivity contribution < 1.29 is 9.13 Å². The van der Waals surface area contributed by atoms with Gasteiger partial charge in [-0.25, -0.2) is 9.37 Å². The summed E-state index contributed by atoms with van der Waals surface area (Å²) in [5.74, 6) is 0.263. The van der Waals surface area contributed by atoms with Crippen molar-refractivity contribution in [3.63, 3.8) is 0 Å². The SMILES string of the molecule is C[C@@H](Oc1cc(-c2ccnn2C)cnc1N)c1cc(F)ccc1-n1nccn1. The normalized spacial score (nSPS) is 12.1. The lowest BCUT2D eigenvalue weighted by molar-refractivity contribution is 0.226. The van der Waals surface area contributed by atoms with Gasteiger partial charge in [-0.3, -0.25) is 4.68 Å².